The van der Waals surface area contributed by atoms with E-state index < -0.39 is 5.97 Å². The lowest BCUT2D eigenvalue weighted by Gasteiger charge is -2.22. The maximum absolute atomic E-state index is 11.0. The van der Waals surface area contributed by atoms with Crippen LogP contribution in [0.1, 0.15) is 22.0 Å². The third-order valence-corrected chi connectivity index (χ3v) is 4.25. The molecule has 0 aliphatic carbocycles. The van der Waals surface area contributed by atoms with Crippen LogP contribution in [0.15, 0.2) is 40.9 Å². The van der Waals surface area contributed by atoms with E-state index in [4.69, 9.17) is 26.2 Å². The van der Waals surface area contributed by atoms with Crippen LogP contribution in [0.5, 0.6) is 5.75 Å². The fourth-order valence-electron chi connectivity index (χ4n) is 2.31. The minimum atomic E-state index is -1.02. The standard InChI is InChI=1S/C17H17BrClNO4/c1-23-9-15(12-8-11(18)4-6-16(12)24-2)20-14-5-3-10(17(21)22)7-13(14)19/h3-8,15,20H,9H2,1-2H3,(H,21,22). The van der Waals surface area contributed by atoms with Gasteiger partial charge in [0, 0.05) is 17.1 Å². The first-order chi connectivity index (χ1) is 11.5. The molecule has 0 aromatic heterocycles. The Hall–Kier alpha value is -1.76. The average molecular weight is 415 g/mol. The first-order valence-corrected chi connectivity index (χ1v) is 8.25. The van der Waals surface area contributed by atoms with Gasteiger partial charge in [0.1, 0.15) is 5.75 Å². The fourth-order valence-corrected chi connectivity index (χ4v) is 2.92. The Labute approximate surface area is 153 Å². The van der Waals surface area contributed by atoms with Gasteiger partial charge >= 0.3 is 5.97 Å². The fraction of sp³-hybridized carbons (Fsp3) is 0.235. The Balaban J connectivity index is 2.36. The number of rotatable bonds is 7. The van der Waals surface area contributed by atoms with E-state index in [-0.39, 0.29) is 11.6 Å². The summed E-state index contributed by atoms with van der Waals surface area (Å²) in [7, 11) is 3.21. The molecule has 1 unspecified atom stereocenters. The first-order valence-electron chi connectivity index (χ1n) is 7.08. The van der Waals surface area contributed by atoms with Gasteiger partial charge in [-0.05, 0) is 36.4 Å². The monoisotopic (exact) mass is 413 g/mol. The number of hydrogen-bond acceptors (Lipinski definition) is 4. The van der Waals surface area contributed by atoms with Crippen LogP contribution in [0.25, 0.3) is 0 Å². The van der Waals surface area contributed by atoms with E-state index in [2.05, 4.69) is 21.2 Å². The number of halogens is 2. The molecule has 2 N–H and O–H groups in total. The Morgan fingerprint density at radius 3 is 2.62 bits per heavy atom. The van der Waals surface area contributed by atoms with Gasteiger partial charge in [-0.1, -0.05) is 27.5 Å². The summed E-state index contributed by atoms with van der Waals surface area (Å²) in [6.07, 6.45) is 0. The van der Waals surface area contributed by atoms with Crippen molar-refractivity contribution in [3.8, 4) is 5.75 Å². The predicted octanol–water partition coefficient (Wildman–Crippen LogP) is 4.61. The van der Waals surface area contributed by atoms with Crippen LogP contribution >= 0.6 is 27.5 Å². The molecule has 0 fully saturated rings. The van der Waals surface area contributed by atoms with Crippen LogP contribution in [-0.2, 0) is 4.74 Å². The van der Waals surface area contributed by atoms with Gasteiger partial charge < -0.3 is 19.9 Å². The quantitative estimate of drug-likeness (QED) is 0.692. The van der Waals surface area contributed by atoms with Crippen molar-refractivity contribution in [2.75, 3.05) is 26.1 Å². The molecule has 2 rings (SSSR count). The van der Waals surface area contributed by atoms with Crippen molar-refractivity contribution in [3.63, 3.8) is 0 Å². The molecule has 1 atom stereocenters. The van der Waals surface area contributed by atoms with Crippen LogP contribution < -0.4 is 10.1 Å². The molecular formula is C17H17BrClNO4. The lowest BCUT2D eigenvalue weighted by molar-refractivity contribution is 0.0697. The summed E-state index contributed by atoms with van der Waals surface area (Å²) in [4.78, 5) is 11.0. The molecule has 2 aromatic carbocycles. The van der Waals surface area contributed by atoms with Gasteiger partial charge in [-0.15, -0.1) is 0 Å². The molecule has 0 aliphatic heterocycles. The predicted molar refractivity (Wildman–Crippen MR) is 97.3 cm³/mol. The number of anilines is 1. The minimum absolute atomic E-state index is 0.133. The molecule has 0 aliphatic rings. The molecule has 0 saturated heterocycles. The number of hydrogen-bond donors (Lipinski definition) is 2. The zero-order chi connectivity index (χ0) is 17.7. The van der Waals surface area contributed by atoms with Gasteiger partial charge in [0.2, 0.25) is 0 Å². The van der Waals surface area contributed by atoms with Crippen LogP contribution in [0, 0.1) is 0 Å². The van der Waals surface area contributed by atoms with Crippen LogP contribution in [0.2, 0.25) is 5.02 Å². The molecule has 5 nitrogen and oxygen atoms in total. The maximum Gasteiger partial charge on any atom is 0.335 e. The van der Waals surface area contributed by atoms with E-state index in [0.29, 0.717) is 23.1 Å². The van der Waals surface area contributed by atoms with Crippen molar-refractivity contribution in [2.45, 2.75) is 6.04 Å². The van der Waals surface area contributed by atoms with Gasteiger partial charge in [-0.25, -0.2) is 4.79 Å². The Morgan fingerprint density at radius 2 is 2.04 bits per heavy atom. The molecular weight excluding hydrogens is 398 g/mol. The lowest BCUT2D eigenvalue weighted by Crippen LogP contribution is -2.17. The Morgan fingerprint density at radius 1 is 1.29 bits per heavy atom. The molecule has 128 valence electrons. The summed E-state index contributed by atoms with van der Waals surface area (Å²) in [6, 6.07) is 10.0. The summed E-state index contributed by atoms with van der Waals surface area (Å²) < 4.78 is 11.6. The molecule has 0 heterocycles. The first kappa shape index (κ1) is 18.6. The zero-order valence-corrected chi connectivity index (χ0v) is 15.5. The van der Waals surface area contributed by atoms with E-state index >= 15 is 0 Å². The second kappa shape index (κ2) is 8.37. The Kier molecular flexibility index (Phi) is 6.48. The van der Waals surface area contributed by atoms with E-state index in [1.54, 1.807) is 20.3 Å². The van der Waals surface area contributed by atoms with Crippen LogP contribution in [-0.4, -0.2) is 31.9 Å². The highest BCUT2D eigenvalue weighted by molar-refractivity contribution is 9.10. The van der Waals surface area contributed by atoms with Crippen molar-refractivity contribution in [2.24, 2.45) is 0 Å². The van der Waals surface area contributed by atoms with Gasteiger partial charge in [0.05, 0.1) is 36.0 Å². The molecule has 0 amide bonds. The maximum atomic E-state index is 11.0. The number of carboxylic acid groups (broad SMARTS) is 1. The zero-order valence-electron chi connectivity index (χ0n) is 13.2. The van der Waals surface area contributed by atoms with E-state index in [1.807, 2.05) is 18.2 Å². The summed E-state index contributed by atoms with van der Waals surface area (Å²) in [5.41, 5.74) is 1.65. The van der Waals surface area contributed by atoms with Crippen molar-refractivity contribution in [1.29, 1.82) is 0 Å². The van der Waals surface area contributed by atoms with E-state index in [0.717, 1.165) is 10.0 Å². The van der Waals surface area contributed by atoms with Crippen molar-refractivity contribution < 1.29 is 19.4 Å². The normalized spacial score (nSPS) is 11.8. The van der Waals surface area contributed by atoms with Gasteiger partial charge in [0.15, 0.2) is 0 Å². The third-order valence-electron chi connectivity index (χ3n) is 3.45. The number of methoxy groups -OCH3 is 2. The molecule has 7 heteroatoms. The van der Waals surface area contributed by atoms with Crippen molar-refractivity contribution in [1.82, 2.24) is 0 Å². The third kappa shape index (κ3) is 4.41. The van der Waals surface area contributed by atoms with Gasteiger partial charge in [-0.3, -0.25) is 0 Å². The van der Waals surface area contributed by atoms with Crippen LogP contribution in [0.3, 0.4) is 0 Å². The van der Waals surface area contributed by atoms with E-state index in [9.17, 15) is 4.79 Å². The smallest absolute Gasteiger partial charge is 0.335 e. The second-order valence-corrected chi connectivity index (χ2v) is 6.36. The number of aromatic carboxylic acids is 1. The molecule has 2 aromatic rings. The molecule has 0 saturated carbocycles. The summed E-state index contributed by atoms with van der Waals surface area (Å²) in [5, 5.41) is 12.6. The summed E-state index contributed by atoms with van der Waals surface area (Å²) in [6.45, 7) is 0.379. The summed E-state index contributed by atoms with van der Waals surface area (Å²) in [5.74, 6) is -0.309. The van der Waals surface area contributed by atoms with Gasteiger partial charge in [0.25, 0.3) is 0 Å². The number of carboxylic acids is 1. The largest absolute Gasteiger partial charge is 0.496 e. The molecule has 0 bridgehead atoms. The topological polar surface area (TPSA) is 67.8 Å². The second-order valence-electron chi connectivity index (χ2n) is 5.04. The number of ether oxygens (including phenoxy) is 2. The number of benzene rings is 2. The highest BCUT2D eigenvalue weighted by Gasteiger charge is 2.18. The molecule has 0 spiro atoms. The molecule has 0 radical (unpaired) electrons. The number of nitrogens with one attached hydrogen (secondary N) is 1. The van der Waals surface area contributed by atoms with Gasteiger partial charge in [-0.2, -0.15) is 0 Å². The number of carbonyl (C=O) groups is 1. The molecule has 24 heavy (non-hydrogen) atoms. The van der Waals surface area contributed by atoms with Crippen molar-refractivity contribution >= 4 is 39.2 Å². The highest BCUT2D eigenvalue weighted by atomic mass is 79.9. The summed E-state index contributed by atoms with van der Waals surface area (Å²) >= 11 is 9.66. The Bertz CT molecular complexity index is 739. The van der Waals surface area contributed by atoms with Crippen molar-refractivity contribution in [3.05, 3.63) is 57.0 Å². The van der Waals surface area contributed by atoms with Crippen LogP contribution in [0.4, 0.5) is 5.69 Å². The SMILES string of the molecule is COCC(Nc1ccc(C(=O)O)cc1Cl)c1cc(Br)ccc1OC. The highest BCUT2D eigenvalue weighted by Crippen LogP contribution is 2.33. The average Bonchev–Trinajstić information content (AvgIpc) is 2.55. The lowest BCUT2D eigenvalue weighted by atomic mass is 10.1. The van der Waals surface area contributed by atoms with E-state index in [1.165, 1.54) is 12.1 Å². The minimum Gasteiger partial charge on any atom is -0.496 e.